The molecule has 0 aliphatic carbocycles. The van der Waals surface area contributed by atoms with Gasteiger partial charge >= 0.3 is 0 Å². The number of aliphatic hydroxyl groups excluding tert-OH is 2. The van der Waals surface area contributed by atoms with E-state index in [-0.39, 0.29) is 13.2 Å². The minimum absolute atomic E-state index is 0.201. The van der Waals surface area contributed by atoms with E-state index in [0.717, 1.165) is 12.7 Å². The number of rotatable bonds is 8. The maximum absolute atomic E-state index is 9.00. The van der Waals surface area contributed by atoms with Crippen LogP contribution in [0.1, 0.15) is 6.92 Å². The molecule has 0 aliphatic rings. The average Bonchev–Trinajstić information content (AvgIpc) is 2.12. The zero-order valence-electron chi connectivity index (χ0n) is 9.32. The Morgan fingerprint density at radius 3 is 2.50 bits per heavy atom. The summed E-state index contributed by atoms with van der Waals surface area (Å²) in [4.78, 5) is 0. The molecule has 0 amide bonds. The lowest BCUT2D eigenvalue weighted by molar-refractivity contribution is 0.00957. The first kappa shape index (κ1) is 14.1. The van der Waals surface area contributed by atoms with Gasteiger partial charge in [-0.2, -0.15) is 0 Å². The van der Waals surface area contributed by atoms with Crippen molar-refractivity contribution in [3.63, 3.8) is 0 Å². The molecule has 14 heavy (non-hydrogen) atoms. The van der Waals surface area contributed by atoms with Gasteiger partial charge in [-0.15, -0.1) is 0 Å². The Hall–Kier alpha value is 0.0569. The van der Waals surface area contributed by atoms with Gasteiger partial charge in [0.1, 0.15) is 6.10 Å². The smallest absolute Gasteiger partial charge is 0.188 e. The van der Waals surface area contributed by atoms with Crippen molar-refractivity contribution >= 4 is 8.32 Å². The van der Waals surface area contributed by atoms with Crippen LogP contribution in [0.4, 0.5) is 0 Å². The van der Waals surface area contributed by atoms with E-state index >= 15 is 0 Å². The Labute approximate surface area is 87.0 Å². The zero-order valence-corrected chi connectivity index (χ0v) is 10.3. The molecule has 1 unspecified atom stereocenters. The minimum atomic E-state index is -1.55. The van der Waals surface area contributed by atoms with Gasteiger partial charge in [-0.05, 0) is 26.1 Å². The van der Waals surface area contributed by atoms with Gasteiger partial charge in [0.05, 0.1) is 13.2 Å². The first-order valence-corrected chi connectivity index (χ1v) is 8.14. The van der Waals surface area contributed by atoms with E-state index in [2.05, 4.69) is 13.1 Å². The fourth-order valence-corrected chi connectivity index (χ4v) is 2.61. The van der Waals surface area contributed by atoms with E-state index in [9.17, 15) is 0 Å². The first-order chi connectivity index (χ1) is 6.52. The van der Waals surface area contributed by atoms with Crippen LogP contribution in [0.5, 0.6) is 0 Å². The molecule has 1 atom stereocenters. The molecule has 86 valence electrons. The second kappa shape index (κ2) is 7.36. The average molecular weight is 222 g/mol. The largest absolute Gasteiger partial charge is 0.418 e. The lowest BCUT2D eigenvalue weighted by Gasteiger charge is -2.21. The second-order valence-electron chi connectivity index (χ2n) is 3.85. The van der Waals surface area contributed by atoms with E-state index in [0.29, 0.717) is 6.61 Å². The summed E-state index contributed by atoms with van der Waals surface area (Å²) in [7, 11) is -1.55. The summed E-state index contributed by atoms with van der Waals surface area (Å²) < 4.78 is 10.8. The Kier molecular flexibility index (Phi) is 7.39. The predicted octanol–water partition coefficient (Wildman–Crippen LogP) is 0.598. The highest BCUT2D eigenvalue weighted by atomic mass is 28.4. The predicted molar refractivity (Wildman–Crippen MR) is 57.8 cm³/mol. The SMILES string of the molecule is CCO[Si](C)(C)CCOCC(O)CO. The normalized spacial score (nSPS) is 14.4. The van der Waals surface area contributed by atoms with E-state index in [1.54, 1.807) is 0 Å². The molecule has 0 aliphatic heterocycles. The number of hydrogen-bond donors (Lipinski definition) is 2. The lowest BCUT2D eigenvalue weighted by atomic mass is 10.4. The molecule has 0 bridgehead atoms. The monoisotopic (exact) mass is 222 g/mol. The van der Waals surface area contributed by atoms with E-state index in [1.165, 1.54) is 0 Å². The molecule has 0 heterocycles. The summed E-state index contributed by atoms with van der Waals surface area (Å²) in [5, 5.41) is 17.5. The summed E-state index contributed by atoms with van der Waals surface area (Å²) in [6.07, 6.45) is -0.758. The van der Waals surface area contributed by atoms with Crippen LogP contribution >= 0.6 is 0 Å². The van der Waals surface area contributed by atoms with Crippen molar-refractivity contribution in [2.24, 2.45) is 0 Å². The van der Waals surface area contributed by atoms with Gasteiger partial charge in [-0.1, -0.05) is 0 Å². The highest BCUT2D eigenvalue weighted by Crippen LogP contribution is 2.10. The quantitative estimate of drug-likeness (QED) is 0.466. The van der Waals surface area contributed by atoms with Crippen LogP contribution in [0, 0.1) is 0 Å². The first-order valence-electron chi connectivity index (χ1n) is 5.02. The third-order valence-electron chi connectivity index (χ3n) is 1.90. The molecule has 0 saturated heterocycles. The van der Waals surface area contributed by atoms with E-state index in [4.69, 9.17) is 19.4 Å². The van der Waals surface area contributed by atoms with Crippen LogP contribution in [0.2, 0.25) is 19.1 Å². The topological polar surface area (TPSA) is 58.9 Å². The van der Waals surface area contributed by atoms with Crippen molar-refractivity contribution in [1.82, 2.24) is 0 Å². The minimum Gasteiger partial charge on any atom is -0.418 e. The van der Waals surface area contributed by atoms with Gasteiger partial charge in [0.2, 0.25) is 0 Å². The summed E-state index contributed by atoms with van der Waals surface area (Å²) in [6.45, 7) is 7.57. The van der Waals surface area contributed by atoms with Crippen molar-refractivity contribution in [1.29, 1.82) is 0 Å². The van der Waals surface area contributed by atoms with E-state index in [1.807, 2.05) is 6.92 Å². The maximum Gasteiger partial charge on any atom is 0.188 e. The summed E-state index contributed by atoms with van der Waals surface area (Å²) in [5.41, 5.74) is 0. The van der Waals surface area contributed by atoms with Crippen molar-refractivity contribution in [3.05, 3.63) is 0 Å². The standard InChI is InChI=1S/C9H22O4Si/c1-4-13-14(2,3)6-5-12-8-9(11)7-10/h9-11H,4-8H2,1-3H3. The van der Waals surface area contributed by atoms with Gasteiger partial charge in [0.25, 0.3) is 0 Å². The molecular formula is C9H22O4Si. The van der Waals surface area contributed by atoms with Gasteiger partial charge in [-0.25, -0.2) is 0 Å². The van der Waals surface area contributed by atoms with Crippen LogP contribution in [0.15, 0.2) is 0 Å². The third-order valence-corrected chi connectivity index (χ3v) is 4.38. The second-order valence-corrected chi connectivity index (χ2v) is 8.16. The molecule has 4 nitrogen and oxygen atoms in total. The maximum atomic E-state index is 9.00. The molecule has 0 radical (unpaired) electrons. The van der Waals surface area contributed by atoms with Gasteiger partial charge < -0.3 is 19.4 Å². The Balaban J connectivity index is 3.43. The van der Waals surface area contributed by atoms with Crippen molar-refractivity contribution in [2.45, 2.75) is 32.2 Å². The Morgan fingerprint density at radius 2 is 2.00 bits per heavy atom. The number of ether oxygens (including phenoxy) is 1. The highest BCUT2D eigenvalue weighted by Gasteiger charge is 2.21. The molecule has 5 heteroatoms. The summed E-state index contributed by atoms with van der Waals surface area (Å²) in [5.74, 6) is 0. The molecule has 0 saturated carbocycles. The van der Waals surface area contributed by atoms with E-state index < -0.39 is 14.4 Å². The van der Waals surface area contributed by atoms with Crippen molar-refractivity contribution < 1.29 is 19.4 Å². The molecule has 0 aromatic rings. The zero-order chi connectivity index (χ0) is 11.0. The number of hydrogen-bond acceptors (Lipinski definition) is 4. The lowest BCUT2D eigenvalue weighted by Crippen LogP contribution is -2.32. The molecule has 0 spiro atoms. The third kappa shape index (κ3) is 7.46. The fourth-order valence-electron chi connectivity index (χ4n) is 1.05. The Bertz CT molecular complexity index is 141. The van der Waals surface area contributed by atoms with Crippen molar-refractivity contribution in [2.75, 3.05) is 26.4 Å². The molecular weight excluding hydrogens is 200 g/mol. The molecule has 2 N–H and O–H groups in total. The summed E-state index contributed by atoms with van der Waals surface area (Å²) >= 11 is 0. The van der Waals surface area contributed by atoms with Crippen LogP contribution < -0.4 is 0 Å². The van der Waals surface area contributed by atoms with Crippen molar-refractivity contribution in [3.8, 4) is 0 Å². The van der Waals surface area contributed by atoms with Gasteiger partial charge in [0, 0.05) is 13.2 Å². The van der Waals surface area contributed by atoms with Gasteiger partial charge in [0.15, 0.2) is 8.32 Å². The molecule has 0 rings (SSSR count). The van der Waals surface area contributed by atoms with Crippen LogP contribution in [-0.4, -0.2) is 51.1 Å². The van der Waals surface area contributed by atoms with Crippen LogP contribution in [0.25, 0.3) is 0 Å². The molecule has 0 aromatic carbocycles. The van der Waals surface area contributed by atoms with Crippen LogP contribution in [-0.2, 0) is 9.16 Å². The molecule has 0 fully saturated rings. The molecule has 0 aromatic heterocycles. The van der Waals surface area contributed by atoms with Gasteiger partial charge in [-0.3, -0.25) is 0 Å². The number of aliphatic hydroxyl groups is 2. The Morgan fingerprint density at radius 1 is 1.36 bits per heavy atom. The highest BCUT2D eigenvalue weighted by molar-refractivity contribution is 6.71. The fraction of sp³-hybridized carbons (Fsp3) is 1.00. The summed E-state index contributed by atoms with van der Waals surface area (Å²) in [6, 6.07) is 0.916. The van der Waals surface area contributed by atoms with Crippen LogP contribution in [0.3, 0.4) is 0 Å².